The van der Waals surface area contributed by atoms with E-state index < -0.39 is 11.4 Å². The highest BCUT2D eigenvalue weighted by atomic mass is 19.1. The van der Waals surface area contributed by atoms with Crippen LogP contribution in [0.1, 0.15) is 51.0 Å². The molecule has 7 heteroatoms. The smallest absolute Gasteiger partial charge is 0.321 e. The molecule has 0 radical (unpaired) electrons. The van der Waals surface area contributed by atoms with Crippen LogP contribution in [-0.4, -0.2) is 59.7 Å². The minimum Gasteiger partial charge on any atom is -0.468 e. The molecule has 3 aliphatic rings. The molecule has 168 valence electrons. The van der Waals surface area contributed by atoms with Gasteiger partial charge in [0, 0.05) is 38.1 Å². The second-order valence-corrected chi connectivity index (χ2v) is 9.40. The number of carbonyl (C=O) groups is 3. The first-order valence-corrected chi connectivity index (χ1v) is 11.2. The first-order chi connectivity index (χ1) is 14.8. The lowest BCUT2D eigenvalue weighted by Gasteiger charge is -2.46. The number of Topliss-reactive ketones (excluding diaryl/α,β-unsaturated/α-hetero) is 1. The highest BCUT2D eigenvalue weighted by molar-refractivity contribution is 6.08. The lowest BCUT2D eigenvalue weighted by molar-refractivity contribution is -0.171. The van der Waals surface area contributed by atoms with E-state index in [2.05, 4.69) is 11.8 Å². The van der Waals surface area contributed by atoms with E-state index in [1.165, 1.54) is 19.2 Å². The second kappa shape index (κ2) is 8.69. The number of ether oxygens (including phenoxy) is 1. The third-order valence-corrected chi connectivity index (χ3v) is 7.40. The zero-order chi connectivity index (χ0) is 22.2. The standard InChI is InChI=1S/C24H31FN2O4/c1-16-4-3-11-26(14-16)22(29)13-24(23(30)31-2)20-10-9-19(12-21(24)28)27(20)15-17-5-7-18(25)8-6-17/h5-8,16,19-20H,3-4,9-15H2,1-2H3. The number of likely N-dealkylation sites (tertiary alicyclic amines) is 1. The van der Waals surface area contributed by atoms with Crippen LogP contribution in [0.15, 0.2) is 24.3 Å². The lowest BCUT2D eigenvalue weighted by Crippen LogP contribution is -2.61. The SMILES string of the molecule is COC(=O)C1(CC(=O)N2CCCC(C)C2)C(=O)CC2CCC1N2Cc1ccc(F)cc1. The molecular formula is C24H31FN2O4. The normalized spacial score (nSPS) is 31.0. The largest absolute Gasteiger partial charge is 0.468 e. The maximum atomic E-state index is 13.4. The van der Waals surface area contributed by atoms with Gasteiger partial charge in [0.05, 0.1) is 13.5 Å². The van der Waals surface area contributed by atoms with E-state index in [4.69, 9.17) is 4.74 Å². The number of amides is 1. The fraction of sp³-hybridized carbons (Fsp3) is 0.625. The Balaban J connectivity index is 1.63. The van der Waals surface area contributed by atoms with E-state index in [9.17, 15) is 18.8 Å². The molecule has 6 nitrogen and oxygen atoms in total. The summed E-state index contributed by atoms with van der Waals surface area (Å²) in [7, 11) is 1.29. The highest BCUT2D eigenvalue weighted by Crippen LogP contribution is 2.48. The number of piperidine rings is 2. The fourth-order valence-electron chi connectivity index (χ4n) is 5.79. The number of methoxy groups -OCH3 is 1. The van der Waals surface area contributed by atoms with Crippen LogP contribution in [0.5, 0.6) is 0 Å². The molecule has 0 aromatic heterocycles. The van der Waals surface area contributed by atoms with E-state index in [1.807, 2.05) is 0 Å². The van der Waals surface area contributed by atoms with Gasteiger partial charge in [-0.25, -0.2) is 4.39 Å². The van der Waals surface area contributed by atoms with Crippen LogP contribution in [0.3, 0.4) is 0 Å². The number of rotatable bonds is 5. The van der Waals surface area contributed by atoms with Gasteiger partial charge in [-0.05, 0) is 49.3 Å². The summed E-state index contributed by atoms with van der Waals surface area (Å²) < 4.78 is 18.5. The lowest BCUT2D eigenvalue weighted by atomic mass is 9.69. The molecule has 1 amide bonds. The van der Waals surface area contributed by atoms with E-state index in [-0.39, 0.29) is 42.4 Å². The zero-order valence-corrected chi connectivity index (χ0v) is 18.3. The number of fused-ring (bicyclic) bond motifs is 2. The summed E-state index contributed by atoms with van der Waals surface area (Å²) in [6, 6.07) is 5.94. The van der Waals surface area contributed by atoms with E-state index in [0.29, 0.717) is 32.0 Å². The number of halogens is 1. The summed E-state index contributed by atoms with van der Waals surface area (Å²) in [5, 5.41) is 0. The minimum atomic E-state index is -1.47. The van der Waals surface area contributed by atoms with Crippen LogP contribution >= 0.6 is 0 Å². The van der Waals surface area contributed by atoms with Gasteiger partial charge in [-0.3, -0.25) is 19.3 Å². The number of hydrogen-bond acceptors (Lipinski definition) is 5. The Bertz CT molecular complexity index is 858. The van der Waals surface area contributed by atoms with Gasteiger partial charge in [0.15, 0.2) is 11.2 Å². The van der Waals surface area contributed by atoms with Crippen molar-refractivity contribution < 1.29 is 23.5 Å². The molecule has 4 rings (SSSR count). The van der Waals surface area contributed by atoms with Gasteiger partial charge in [0.1, 0.15) is 5.82 Å². The number of esters is 1. The first kappa shape index (κ1) is 21.9. The van der Waals surface area contributed by atoms with E-state index in [0.717, 1.165) is 24.8 Å². The molecule has 0 saturated carbocycles. The molecule has 2 bridgehead atoms. The van der Waals surface area contributed by atoms with Crippen LogP contribution in [0.2, 0.25) is 0 Å². The molecule has 1 aromatic carbocycles. The van der Waals surface area contributed by atoms with Crippen LogP contribution in [0.4, 0.5) is 4.39 Å². The monoisotopic (exact) mass is 430 g/mol. The number of ketones is 1. The van der Waals surface area contributed by atoms with Crippen LogP contribution in [-0.2, 0) is 25.7 Å². The maximum Gasteiger partial charge on any atom is 0.321 e. The first-order valence-electron chi connectivity index (χ1n) is 11.2. The van der Waals surface area contributed by atoms with Crippen LogP contribution < -0.4 is 0 Å². The van der Waals surface area contributed by atoms with Crippen molar-refractivity contribution in [2.24, 2.45) is 11.3 Å². The predicted molar refractivity (Wildman–Crippen MR) is 112 cm³/mol. The predicted octanol–water partition coefficient (Wildman–Crippen LogP) is 2.94. The Hall–Kier alpha value is -2.28. The maximum absolute atomic E-state index is 13.4. The molecule has 0 aliphatic carbocycles. The van der Waals surface area contributed by atoms with Crippen molar-refractivity contribution in [1.82, 2.24) is 9.80 Å². The summed E-state index contributed by atoms with van der Waals surface area (Å²) in [5.74, 6) is -0.811. The van der Waals surface area contributed by atoms with Crippen molar-refractivity contribution in [3.63, 3.8) is 0 Å². The molecule has 0 N–H and O–H groups in total. The zero-order valence-electron chi connectivity index (χ0n) is 18.3. The van der Waals surface area contributed by atoms with Crippen molar-refractivity contribution in [3.8, 4) is 0 Å². The van der Waals surface area contributed by atoms with Crippen LogP contribution in [0, 0.1) is 17.2 Å². The Morgan fingerprint density at radius 2 is 1.94 bits per heavy atom. The van der Waals surface area contributed by atoms with Gasteiger partial charge >= 0.3 is 5.97 Å². The molecule has 4 atom stereocenters. The quantitative estimate of drug-likeness (QED) is 0.531. The van der Waals surface area contributed by atoms with Crippen molar-refractivity contribution in [1.29, 1.82) is 0 Å². The molecule has 0 spiro atoms. The second-order valence-electron chi connectivity index (χ2n) is 9.40. The van der Waals surface area contributed by atoms with Gasteiger partial charge in [-0.15, -0.1) is 0 Å². The summed E-state index contributed by atoms with van der Waals surface area (Å²) in [5.41, 5.74) is -0.554. The Kier molecular flexibility index (Phi) is 6.15. The average molecular weight is 431 g/mol. The highest BCUT2D eigenvalue weighted by Gasteiger charge is 2.62. The Morgan fingerprint density at radius 3 is 2.61 bits per heavy atom. The van der Waals surface area contributed by atoms with Crippen molar-refractivity contribution >= 4 is 17.7 Å². The van der Waals surface area contributed by atoms with Crippen molar-refractivity contribution in [2.45, 2.75) is 64.1 Å². The van der Waals surface area contributed by atoms with Crippen LogP contribution in [0.25, 0.3) is 0 Å². The third kappa shape index (κ3) is 4.00. The van der Waals surface area contributed by atoms with E-state index >= 15 is 0 Å². The Morgan fingerprint density at radius 1 is 1.19 bits per heavy atom. The molecule has 3 aliphatic heterocycles. The summed E-state index contributed by atoms with van der Waals surface area (Å²) in [6.45, 7) is 3.96. The topological polar surface area (TPSA) is 66.9 Å². The number of benzene rings is 1. The molecule has 1 aromatic rings. The average Bonchev–Trinajstić information content (AvgIpc) is 3.07. The van der Waals surface area contributed by atoms with Gasteiger partial charge < -0.3 is 9.64 Å². The van der Waals surface area contributed by atoms with Gasteiger partial charge in [-0.1, -0.05) is 19.1 Å². The van der Waals surface area contributed by atoms with Crippen molar-refractivity contribution in [3.05, 3.63) is 35.6 Å². The molecule has 4 unspecified atom stereocenters. The number of hydrogen-bond donors (Lipinski definition) is 0. The van der Waals surface area contributed by atoms with Gasteiger partial charge in [-0.2, -0.15) is 0 Å². The fourth-order valence-corrected chi connectivity index (χ4v) is 5.79. The summed E-state index contributed by atoms with van der Waals surface area (Å²) >= 11 is 0. The molecule has 31 heavy (non-hydrogen) atoms. The minimum absolute atomic E-state index is 0.0328. The molecular weight excluding hydrogens is 399 g/mol. The number of carbonyl (C=O) groups excluding carboxylic acids is 3. The molecule has 3 saturated heterocycles. The molecule has 3 heterocycles. The Labute approximate surface area is 182 Å². The summed E-state index contributed by atoms with van der Waals surface area (Å²) in [6.07, 6.45) is 3.58. The number of nitrogens with zero attached hydrogens (tertiary/aromatic N) is 2. The van der Waals surface area contributed by atoms with Gasteiger partial charge in [0.25, 0.3) is 0 Å². The van der Waals surface area contributed by atoms with Gasteiger partial charge in [0.2, 0.25) is 5.91 Å². The third-order valence-electron chi connectivity index (χ3n) is 7.40. The summed E-state index contributed by atoms with van der Waals surface area (Å²) in [4.78, 5) is 43.7. The van der Waals surface area contributed by atoms with Crippen molar-refractivity contribution in [2.75, 3.05) is 20.2 Å². The van der Waals surface area contributed by atoms with E-state index in [1.54, 1.807) is 17.0 Å². The molecule has 3 fully saturated rings.